The molecule has 2 atom stereocenters. The van der Waals surface area contributed by atoms with Gasteiger partial charge in [0.1, 0.15) is 23.7 Å². The van der Waals surface area contributed by atoms with Crippen molar-refractivity contribution >= 4 is 8.53 Å². The summed E-state index contributed by atoms with van der Waals surface area (Å²) in [7, 11) is 1.46. The summed E-state index contributed by atoms with van der Waals surface area (Å²) in [6, 6.07) is 33.0. The lowest BCUT2D eigenvalue weighted by molar-refractivity contribution is -0.166. The summed E-state index contributed by atoms with van der Waals surface area (Å²) in [6.07, 6.45) is -5.15. The van der Waals surface area contributed by atoms with E-state index in [4.69, 9.17) is 23.3 Å². The molecule has 0 aromatic heterocycles. The van der Waals surface area contributed by atoms with Crippen LogP contribution in [-0.4, -0.2) is 56.5 Å². The number of benzene rings is 4. The summed E-state index contributed by atoms with van der Waals surface area (Å²) in [5.41, 5.74) is -0.709. The molecule has 288 valence electrons. The number of hydrogen-bond acceptors (Lipinski definition) is 9. The number of nitriles is 1. The lowest BCUT2D eigenvalue weighted by atomic mass is 9.80. The van der Waals surface area contributed by atoms with E-state index in [0.29, 0.717) is 17.1 Å². The molecule has 55 heavy (non-hydrogen) atoms. The fraction of sp³-hybridized carbons (Fsp3) is 0.357. The van der Waals surface area contributed by atoms with E-state index in [9.17, 15) is 18.4 Å². The second-order valence-electron chi connectivity index (χ2n) is 13.2. The molecule has 9 nitrogen and oxygen atoms in total. The molecule has 5 rings (SSSR count). The van der Waals surface area contributed by atoms with E-state index < -0.39 is 32.1 Å². The van der Waals surface area contributed by atoms with Crippen molar-refractivity contribution in [2.45, 2.75) is 69.7 Å². The molecule has 1 unspecified atom stereocenters. The first-order chi connectivity index (χ1) is 26.4. The highest BCUT2D eigenvalue weighted by atomic mass is 31.2. The van der Waals surface area contributed by atoms with Gasteiger partial charge >= 0.3 is 11.8 Å². The Kier molecular flexibility index (Phi) is 13.7. The largest absolute Gasteiger partial charge is 0.497 e. The average Bonchev–Trinajstić information content (AvgIpc) is 4.01. The molecule has 0 saturated heterocycles. The zero-order valence-corrected chi connectivity index (χ0v) is 32.5. The van der Waals surface area contributed by atoms with Gasteiger partial charge in [-0.05, 0) is 80.8 Å². The standard InChI is InChI=1S/C42H44F3N4O5P/c1-30(2)49(31(3)4)55(53-28-27-46)54-39(14-10-11-32-15-17-36(18-16-32)41(47-48-41)42(43,44)45)29-52-40(33-12-8-7-9-13-33,34-19-23-37(50-5)24-20-34)35-21-25-38(51-6)26-22-35/h7-9,12-13,15-26,30-31,39H,14,28-29H2,1-6H3/t39-,55?/m0/s1. The number of halogens is 3. The molecule has 1 aliphatic heterocycles. The normalized spacial score (nSPS) is 14.6. The zero-order valence-electron chi connectivity index (χ0n) is 31.6. The fourth-order valence-electron chi connectivity index (χ4n) is 6.25. The minimum absolute atomic E-state index is 0.0166. The van der Waals surface area contributed by atoms with Crippen LogP contribution < -0.4 is 9.47 Å². The Labute approximate surface area is 322 Å². The fourth-order valence-corrected chi connectivity index (χ4v) is 7.87. The highest BCUT2D eigenvalue weighted by molar-refractivity contribution is 7.44. The van der Waals surface area contributed by atoms with Crippen LogP contribution in [0.4, 0.5) is 13.2 Å². The van der Waals surface area contributed by atoms with Gasteiger partial charge in [0.15, 0.2) is 0 Å². The number of hydrogen-bond donors (Lipinski definition) is 0. The second-order valence-corrected chi connectivity index (χ2v) is 14.6. The van der Waals surface area contributed by atoms with Crippen LogP contribution in [0.2, 0.25) is 0 Å². The van der Waals surface area contributed by atoms with E-state index in [1.165, 1.54) is 24.3 Å². The van der Waals surface area contributed by atoms with Crippen LogP contribution in [0.3, 0.4) is 0 Å². The Morgan fingerprint density at radius 1 is 0.764 bits per heavy atom. The summed E-state index contributed by atoms with van der Waals surface area (Å²) < 4.78 is 73.8. The Hall–Kier alpha value is -4.81. The lowest BCUT2D eigenvalue weighted by Gasteiger charge is -2.39. The Morgan fingerprint density at radius 3 is 1.75 bits per heavy atom. The maximum atomic E-state index is 13.6. The molecular weight excluding hydrogens is 728 g/mol. The SMILES string of the molecule is COc1ccc(C(OC[C@H](CC#Cc2ccc(C3(C(F)(F)F)N=N3)cc2)OP(OCC#N)N(C(C)C)C(C)C)(c2ccccc2)c2ccc(OC)cc2)cc1. The summed E-state index contributed by atoms with van der Waals surface area (Å²) >= 11 is 0. The molecule has 0 saturated carbocycles. The third kappa shape index (κ3) is 9.53. The zero-order chi connectivity index (χ0) is 39.6. The third-order valence-electron chi connectivity index (χ3n) is 8.93. The number of methoxy groups -OCH3 is 2. The van der Waals surface area contributed by atoms with Crippen molar-refractivity contribution in [3.63, 3.8) is 0 Å². The Balaban J connectivity index is 1.55. The Morgan fingerprint density at radius 2 is 1.29 bits per heavy atom. The number of rotatable bonds is 17. The average molecular weight is 773 g/mol. The lowest BCUT2D eigenvalue weighted by Crippen LogP contribution is -2.38. The molecule has 0 fully saturated rings. The monoisotopic (exact) mass is 772 g/mol. The van der Waals surface area contributed by atoms with E-state index in [1.807, 2.05) is 107 Å². The van der Waals surface area contributed by atoms with Gasteiger partial charge in [-0.2, -0.15) is 18.4 Å². The van der Waals surface area contributed by atoms with Gasteiger partial charge < -0.3 is 23.3 Å². The maximum absolute atomic E-state index is 13.6. The van der Waals surface area contributed by atoms with E-state index in [1.54, 1.807) is 14.2 Å². The molecule has 4 aromatic carbocycles. The first-order valence-electron chi connectivity index (χ1n) is 17.7. The van der Waals surface area contributed by atoms with Gasteiger partial charge in [-0.3, -0.25) is 0 Å². The van der Waals surface area contributed by atoms with E-state index in [2.05, 4.69) is 32.8 Å². The molecule has 0 aliphatic carbocycles. The third-order valence-corrected chi connectivity index (χ3v) is 11.1. The summed E-state index contributed by atoms with van der Waals surface area (Å²) in [5.74, 6) is 7.60. The molecular formula is C42H44F3N4O5P. The van der Waals surface area contributed by atoms with Crippen LogP contribution in [0.15, 0.2) is 113 Å². The molecule has 1 aliphatic rings. The number of ether oxygens (including phenoxy) is 3. The van der Waals surface area contributed by atoms with Crippen LogP contribution in [0.25, 0.3) is 0 Å². The maximum Gasteiger partial charge on any atom is 0.442 e. The van der Waals surface area contributed by atoms with Gasteiger partial charge in [-0.15, -0.1) is 10.2 Å². The first-order valence-corrected chi connectivity index (χ1v) is 18.8. The van der Waals surface area contributed by atoms with Gasteiger partial charge in [0.05, 0.1) is 33.0 Å². The molecule has 0 spiro atoms. The second kappa shape index (κ2) is 18.2. The van der Waals surface area contributed by atoms with Gasteiger partial charge in [-0.1, -0.05) is 78.6 Å². The van der Waals surface area contributed by atoms with Crippen LogP contribution >= 0.6 is 8.53 Å². The van der Waals surface area contributed by atoms with Crippen LogP contribution in [0.5, 0.6) is 11.5 Å². The summed E-state index contributed by atoms with van der Waals surface area (Å²) in [5, 5.41) is 16.1. The van der Waals surface area contributed by atoms with Gasteiger partial charge in [-0.25, -0.2) is 4.67 Å². The van der Waals surface area contributed by atoms with Gasteiger partial charge in [0, 0.05) is 29.6 Å². The van der Waals surface area contributed by atoms with Crippen LogP contribution in [-0.2, 0) is 25.0 Å². The van der Waals surface area contributed by atoms with Crippen LogP contribution in [0, 0.1) is 23.2 Å². The molecule has 1 heterocycles. The van der Waals surface area contributed by atoms with Gasteiger partial charge in [0.25, 0.3) is 8.53 Å². The number of nitrogens with zero attached hydrogens (tertiary/aromatic N) is 4. The molecule has 0 bridgehead atoms. The van der Waals surface area contributed by atoms with Gasteiger partial charge in [0.2, 0.25) is 0 Å². The van der Waals surface area contributed by atoms with E-state index in [-0.39, 0.29) is 37.3 Å². The first kappa shape index (κ1) is 41.4. The van der Waals surface area contributed by atoms with E-state index in [0.717, 1.165) is 16.7 Å². The van der Waals surface area contributed by atoms with Crippen molar-refractivity contribution in [1.82, 2.24) is 4.67 Å². The van der Waals surface area contributed by atoms with E-state index >= 15 is 0 Å². The molecule has 4 aromatic rings. The van der Waals surface area contributed by atoms with Crippen molar-refractivity contribution in [2.75, 3.05) is 27.4 Å². The predicted octanol–water partition coefficient (Wildman–Crippen LogP) is 9.91. The van der Waals surface area contributed by atoms with Crippen LogP contribution in [0.1, 0.15) is 61.9 Å². The molecule has 0 radical (unpaired) electrons. The highest BCUT2D eigenvalue weighted by Gasteiger charge is 2.65. The minimum Gasteiger partial charge on any atom is -0.497 e. The summed E-state index contributed by atoms with van der Waals surface area (Å²) in [6.45, 7) is 7.96. The molecule has 0 amide bonds. The topological polar surface area (TPSA) is 97.9 Å². The van der Waals surface area contributed by atoms with Crippen molar-refractivity contribution in [3.05, 3.63) is 131 Å². The quantitative estimate of drug-likeness (QED) is 0.0599. The highest BCUT2D eigenvalue weighted by Crippen LogP contribution is 2.52. The minimum atomic E-state index is -4.62. The molecule has 0 N–H and O–H groups in total. The summed E-state index contributed by atoms with van der Waals surface area (Å²) in [4.78, 5) is 0. The van der Waals surface area contributed by atoms with Crippen molar-refractivity contribution < 1.29 is 36.4 Å². The van der Waals surface area contributed by atoms with Crippen molar-refractivity contribution in [1.29, 1.82) is 5.26 Å². The number of alkyl halides is 3. The smallest absolute Gasteiger partial charge is 0.442 e. The molecule has 13 heteroatoms. The van der Waals surface area contributed by atoms with Crippen molar-refractivity contribution in [2.24, 2.45) is 10.2 Å². The predicted molar refractivity (Wildman–Crippen MR) is 204 cm³/mol. The van der Waals surface area contributed by atoms with Crippen molar-refractivity contribution in [3.8, 4) is 29.4 Å². The Bertz CT molecular complexity index is 1910.